The molecule has 0 saturated carbocycles. The number of hydrogen-bond acceptors (Lipinski definition) is 5. The molecule has 2 aromatic rings. The number of aliphatic hydroxyl groups excluding tert-OH is 1. The molecule has 7 heteroatoms. The highest BCUT2D eigenvalue weighted by atomic mass is 79.9. The zero-order valence-electron chi connectivity index (χ0n) is 7.85. The van der Waals surface area contributed by atoms with Crippen molar-refractivity contribution >= 4 is 50.6 Å². The molecule has 0 atom stereocenters. The van der Waals surface area contributed by atoms with Crippen LogP contribution >= 0.6 is 50.6 Å². The molecule has 0 aliphatic rings. The van der Waals surface area contributed by atoms with Crippen LogP contribution in [0.4, 0.5) is 0 Å². The minimum absolute atomic E-state index is 0.0829. The van der Waals surface area contributed by atoms with Gasteiger partial charge in [-0.1, -0.05) is 11.6 Å². The summed E-state index contributed by atoms with van der Waals surface area (Å²) in [6.45, 7) is -0.0829. The van der Waals surface area contributed by atoms with Crippen molar-refractivity contribution < 1.29 is 5.11 Å². The van der Waals surface area contributed by atoms with E-state index in [0.29, 0.717) is 10.0 Å². The molecule has 1 N–H and O–H groups in total. The smallest absolute Gasteiger partial charge is 0.158 e. The molecule has 0 saturated heterocycles. The van der Waals surface area contributed by atoms with Crippen molar-refractivity contribution in [1.29, 1.82) is 0 Å². The van der Waals surface area contributed by atoms with Gasteiger partial charge in [-0.3, -0.25) is 0 Å². The molecule has 0 bridgehead atoms. The summed E-state index contributed by atoms with van der Waals surface area (Å²) in [6, 6.07) is 3.76. The molecule has 16 heavy (non-hydrogen) atoms. The van der Waals surface area contributed by atoms with Crippen LogP contribution in [0.25, 0.3) is 0 Å². The number of hydrogen-bond donors (Lipinski definition) is 1. The first-order chi connectivity index (χ1) is 7.70. The Morgan fingerprint density at radius 3 is 3.00 bits per heavy atom. The van der Waals surface area contributed by atoms with Crippen molar-refractivity contribution in [3.63, 3.8) is 0 Å². The number of rotatable bonds is 3. The third kappa shape index (κ3) is 2.75. The molecule has 0 unspecified atom stereocenters. The monoisotopic (exact) mass is 336 g/mol. The number of thiazole rings is 1. The molecule has 0 aliphatic heterocycles. The molecule has 3 nitrogen and oxygen atoms in total. The number of halogens is 2. The summed E-state index contributed by atoms with van der Waals surface area (Å²) < 4.78 is 1.69. The Labute approximate surface area is 114 Å². The molecule has 0 radical (unpaired) electrons. The normalized spacial score (nSPS) is 10.7. The minimum atomic E-state index is -0.0829. The number of aromatic nitrogens is 2. The Balaban J connectivity index is 2.24. The van der Waals surface area contributed by atoms with E-state index in [2.05, 4.69) is 25.9 Å². The summed E-state index contributed by atoms with van der Waals surface area (Å²) in [5.41, 5.74) is 0. The van der Waals surface area contributed by atoms with E-state index in [1.807, 2.05) is 12.1 Å². The fourth-order valence-electron chi connectivity index (χ4n) is 0.983. The summed E-state index contributed by atoms with van der Waals surface area (Å²) in [4.78, 5) is 9.04. The lowest BCUT2D eigenvalue weighted by atomic mass is 10.5. The van der Waals surface area contributed by atoms with E-state index >= 15 is 0 Å². The molecular formula is C9H6BrClN2OS2. The molecular weight excluding hydrogens is 332 g/mol. The van der Waals surface area contributed by atoms with Crippen molar-refractivity contribution in [1.82, 2.24) is 9.97 Å². The summed E-state index contributed by atoms with van der Waals surface area (Å²) in [5.74, 6) is 0. The Bertz CT molecular complexity index is 506. The average molecular weight is 338 g/mol. The van der Waals surface area contributed by atoms with Crippen molar-refractivity contribution in [3.8, 4) is 0 Å². The van der Waals surface area contributed by atoms with Crippen LogP contribution in [0.15, 0.2) is 32.2 Å². The maximum Gasteiger partial charge on any atom is 0.158 e. The fourth-order valence-corrected chi connectivity index (χ4v) is 3.67. The van der Waals surface area contributed by atoms with Gasteiger partial charge in [0.2, 0.25) is 0 Å². The number of nitrogens with zero attached hydrogens (tertiary/aromatic N) is 2. The van der Waals surface area contributed by atoms with Crippen LogP contribution in [0.3, 0.4) is 0 Å². The molecule has 2 rings (SSSR count). The van der Waals surface area contributed by atoms with Gasteiger partial charge in [-0.2, -0.15) is 0 Å². The summed E-state index contributed by atoms with van der Waals surface area (Å²) >= 11 is 12.0. The number of aliphatic hydroxyl groups is 1. The van der Waals surface area contributed by atoms with Gasteiger partial charge in [-0.05, 0) is 39.8 Å². The molecule has 2 aromatic heterocycles. The van der Waals surface area contributed by atoms with Gasteiger partial charge in [-0.15, -0.1) is 11.3 Å². The maximum absolute atomic E-state index is 9.00. The molecule has 0 fully saturated rings. The number of pyridine rings is 1. The van der Waals surface area contributed by atoms with Crippen molar-refractivity contribution in [2.24, 2.45) is 0 Å². The van der Waals surface area contributed by atoms with Crippen LogP contribution in [0.1, 0.15) is 4.88 Å². The van der Waals surface area contributed by atoms with E-state index in [1.54, 1.807) is 6.20 Å². The van der Waals surface area contributed by atoms with Crippen molar-refractivity contribution in [3.05, 3.63) is 32.8 Å². The maximum atomic E-state index is 9.00. The first-order valence-corrected chi connectivity index (χ1v) is 7.05. The van der Waals surface area contributed by atoms with Gasteiger partial charge in [0.05, 0.1) is 16.0 Å². The Kier molecular flexibility index (Phi) is 4.21. The van der Waals surface area contributed by atoms with Gasteiger partial charge in [0.15, 0.2) is 4.34 Å². The van der Waals surface area contributed by atoms with Gasteiger partial charge in [0, 0.05) is 6.20 Å². The summed E-state index contributed by atoms with van der Waals surface area (Å²) in [5, 5.41) is 10.2. The lowest BCUT2D eigenvalue weighted by Crippen LogP contribution is -1.79. The summed E-state index contributed by atoms with van der Waals surface area (Å²) in [7, 11) is 0. The SMILES string of the molecule is OCc1sc(Sc2ncccc2Br)nc1Cl. The Morgan fingerprint density at radius 1 is 1.56 bits per heavy atom. The highest BCUT2D eigenvalue weighted by molar-refractivity contribution is 9.10. The van der Waals surface area contributed by atoms with Gasteiger partial charge in [-0.25, -0.2) is 9.97 Å². The zero-order chi connectivity index (χ0) is 11.5. The molecule has 0 amide bonds. The fraction of sp³-hybridized carbons (Fsp3) is 0.111. The van der Waals surface area contributed by atoms with Gasteiger partial charge in [0.1, 0.15) is 10.2 Å². The highest BCUT2D eigenvalue weighted by Crippen LogP contribution is 2.36. The Hall–Kier alpha value is -0.140. The first kappa shape index (κ1) is 12.3. The quantitative estimate of drug-likeness (QED) is 0.929. The van der Waals surface area contributed by atoms with E-state index in [0.717, 1.165) is 13.8 Å². The second-order valence-corrected chi connectivity index (χ2v) is 6.28. The lowest BCUT2D eigenvalue weighted by Gasteiger charge is -1.98. The second-order valence-electron chi connectivity index (χ2n) is 2.74. The highest BCUT2D eigenvalue weighted by Gasteiger charge is 2.11. The van der Waals surface area contributed by atoms with Gasteiger partial charge >= 0.3 is 0 Å². The zero-order valence-corrected chi connectivity index (χ0v) is 11.8. The van der Waals surface area contributed by atoms with Crippen LogP contribution in [0, 0.1) is 0 Å². The summed E-state index contributed by atoms with van der Waals surface area (Å²) in [6.07, 6.45) is 1.72. The predicted molar refractivity (Wildman–Crippen MR) is 69.1 cm³/mol. The van der Waals surface area contributed by atoms with E-state index in [1.165, 1.54) is 23.1 Å². The minimum Gasteiger partial charge on any atom is -0.391 e. The van der Waals surface area contributed by atoms with Crippen LogP contribution in [0.5, 0.6) is 0 Å². The molecule has 2 heterocycles. The van der Waals surface area contributed by atoms with E-state index in [9.17, 15) is 0 Å². The second kappa shape index (κ2) is 5.46. The predicted octanol–water partition coefficient (Wildman–Crippen LogP) is 3.60. The lowest BCUT2D eigenvalue weighted by molar-refractivity contribution is 0.285. The topological polar surface area (TPSA) is 46.0 Å². The molecule has 84 valence electrons. The average Bonchev–Trinajstić information content (AvgIpc) is 2.62. The van der Waals surface area contributed by atoms with Crippen LogP contribution in [-0.2, 0) is 6.61 Å². The standard InChI is InChI=1S/C9H6BrClN2OS2/c10-5-2-1-3-12-8(5)16-9-13-7(11)6(4-14)15-9/h1-3,14H,4H2. The first-order valence-electron chi connectivity index (χ1n) is 4.25. The third-order valence-corrected chi connectivity index (χ3v) is 5.13. The molecule has 0 spiro atoms. The van der Waals surface area contributed by atoms with Crippen molar-refractivity contribution in [2.75, 3.05) is 0 Å². The van der Waals surface area contributed by atoms with Crippen LogP contribution in [0.2, 0.25) is 5.15 Å². The molecule has 0 aromatic carbocycles. The van der Waals surface area contributed by atoms with Crippen LogP contribution in [-0.4, -0.2) is 15.1 Å². The van der Waals surface area contributed by atoms with Crippen molar-refractivity contribution in [2.45, 2.75) is 16.0 Å². The largest absolute Gasteiger partial charge is 0.391 e. The van der Waals surface area contributed by atoms with E-state index < -0.39 is 0 Å². The van der Waals surface area contributed by atoms with Gasteiger partial charge < -0.3 is 5.11 Å². The Morgan fingerprint density at radius 2 is 2.38 bits per heavy atom. The van der Waals surface area contributed by atoms with Gasteiger partial charge in [0.25, 0.3) is 0 Å². The van der Waals surface area contributed by atoms with E-state index in [-0.39, 0.29) is 6.61 Å². The van der Waals surface area contributed by atoms with Crippen LogP contribution < -0.4 is 0 Å². The van der Waals surface area contributed by atoms with E-state index in [4.69, 9.17) is 16.7 Å². The third-order valence-electron chi connectivity index (χ3n) is 1.68. The molecule has 0 aliphatic carbocycles.